The van der Waals surface area contributed by atoms with Gasteiger partial charge in [0.25, 0.3) is 5.91 Å². The summed E-state index contributed by atoms with van der Waals surface area (Å²) in [5, 5.41) is 2.81. The van der Waals surface area contributed by atoms with Crippen molar-refractivity contribution in [2.24, 2.45) is 0 Å². The smallest absolute Gasteiger partial charge is 0.325 e. The molecule has 2 aliphatic rings. The maximum absolute atomic E-state index is 13.1. The van der Waals surface area contributed by atoms with Crippen LogP contribution in [0.25, 0.3) is 0 Å². The monoisotopic (exact) mass is 368 g/mol. The van der Waals surface area contributed by atoms with Crippen LogP contribution in [0.2, 0.25) is 0 Å². The molecule has 2 aromatic carbocycles. The quantitative estimate of drug-likeness (QED) is 0.839. The number of carbonyl (C=O) groups is 2. The molecular formula is C20H20N2O5. The number of imide groups is 1. The number of urea groups is 1. The summed E-state index contributed by atoms with van der Waals surface area (Å²) < 4.78 is 16.3. The third kappa shape index (κ3) is 2.95. The zero-order chi connectivity index (χ0) is 19.0. The minimum atomic E-state index is -1.16. The largest absolute Gasteiger partial charge is 0.497 e. The molecule has 27 heavy (non-hydrogen) atoms. The number of rotatable bonds is 4. The molecule has 1 fully saturated rings. The molecule has 0 unspecified atom stereocenters. The second kappa shape index (κ2) is 6.50. The average molecular weight is 368 g/mol. The Labute approximate surface area is 156 Å². The van der Waals surface area contributed by atoms with Gasteiger partial charge in [-0.2, -0.15) is 0 Å². The molecule has 0 spiro atoms. The lowest BCUT2D eigenvalue weighted by Crippen LogP contribution is -2.41. The minimum Gasteiger partial charge on any atom is -0.497 e. The Balaban J connectivity index is 1.61. The van der Waals surface area contributed by atoms with E-state index in [-0.39, 0.29) is 12.5 Å². The summed E-state index contributed by atoms with van der Waals surface area (Å²) in [7, 11) is 1.58. The molecule has 2 heterocycles. The third-order valence-corrected chi connectivity index (χ3v) is 4.87. The van der Waals surface area contributed by atoms with Gasteiger partial charge in [-0.1, -0.05) is 18.2 Å². The van der Waals surface area contributed by atoms with Crippen LogP contribution < -0.4 is 19.5 Å². The van der Waals surface area contributed by atoms with E-state index >= 15 is 0 Å². The van der Waals surface area contributed by atoms with Crippen molar-refractivity contribution in [3.8, 4) is 17.2 Å². The molecule has 7 heteroatoms. The first-order valence-electron chi connectivity index (χ1n) is 8.68. The minimum absolute atomic E-state index is 0.169. The molecule has 0 aliphatic carbocycles. The molecule has 1 atom stereocenters. The number of amides is 3. The summed E-state index contributed by atoms with van der Waals surface area (Å²) in [4.78, 5) is 26.8. The average Bonchev–Trinajstić information content (AvgIpc) is 2.92. The molecule has 0 saturated carbocycles. The van der Waals surface area contributed by atoms with Gasteiger partial charge in [0, 0.05) is 0 Å². The zero-order valence-electron chi connectivity index (χ0n) is 15.2. The van der Waals surface area contributed by atoms with E-state index < -0.39 is 11.6 Å². The number of methoxy groups -OCH3 is 1. The molecule has 2 aromatic rings. The first-order chi connectivity index (χ1) is 13.0. The Morgan fingerprint density at radius 3 is 2.67 bits per heavy atom. The van der Waals surface area contributed by atoms with Crippen molar-refractivity contribution in [2.75, 3.05) is 20.3 Å². The van der Waals surface area contributed by atoms with Crippen LogP contribution >= 0.6 is 0 Å². The Morgan fingerprint density at radius 2 is 1.89 bits per heavy atom. The van der Waals surface area contributed by atoms with E-state index in [4.69, 9.17) is 14.2 Å². The summed E-state index contributed by atoms with van der Waals surface area (Å²) in [6.45, 7) is 2.81. The van der Waals surface area contributed by atoms with E-state index in [0.29, 0.717) is 36.0 Å². The fraction of sp³-hybridized carbons (Fsp3) is 0.300. The van der Waals surface area contributed by atoms with Crippen LogP contribution in [0.1, 0.15) is 18.1 Å². The Morgan fingerprint density at radius 1 is 1.11 bits per heavy atom. The van der Waals surface area contributed by atoms with E-state index in [1.807, 2.05) is 18.2 Å². The maximum atomic E-state index is 13.1. The number of fused-ring (bicyclic) bond motifs is 1. The van der Waals surface area contributed by atoms with Crippen molar-refractivity contribution in [1.82, 2.24) is 10.2 Å². The second-order valence-corrected chi connectivity index (χ2v) is 6.66. The predicted molar refractivity (Wildman–Crippen MR) is 96.9 cm³/mol. The summed E-state index contributed by atoms with van der Waals surface area (Å²) in [5.74, 6) is 1.58. The van der Waals surface area contributed by atoms with Crippen molar-refractivity contribution in [2.45, 2.75) is 19.0 Å². The number of hydrogen-bond acceptors (Lipinski definition) is 5. The SMILES string of the molecule is COc1cccc(CN2C(=O)N[C@](C)(c3ccc4c(c3)OCCO4)C2=O)c1. The molecule has 140 valence electrons. The molecule has 0 radical (unpaired) electrons. The number of nitrogens with one attached hydrogen (secondary N) is 1. The summed E-state index contributed by atoms with van der Waals surface area (Å²) in [5.41, 5.74) is 0.300. The van der Waals surface area contributed by atoms with Gasteiger partial charge >= 0.3 is 6.03 Å². The van der Waals surface area contributed by atoms with Crippen molar-refractivity contribution >= 4 is 11.9 Å². The number of benzene rings is 2. The normalized spacial score (nSPS) is 21.2. The Bertz CT molecular complexity index is 913. The van der Waals surface area contributed by atoms with Gasteiger partial charge in [0.1, 0.15) is 24.5 Å². The maximum Gasteiger partial charge on any atom is 0.325 e. The fourth-order valence-electron chi connectivity index (χ4n) is 3.34. The molecular weight excluding hydrogens is 348 g/mol. The molecule has 1 saturated heterocycles. The molecule has 4 rings (SSSR count). The van der Waals surface area contributed by atoms with Gasteiger partial charge in [0.15, 0.2) is 11.5 Å². The van der Waals surface area contributed by atoms with Crippen LogP contribution in [0.15, 0.2) is 42.5 Å². The fourth-order valence-corrected chi connectivity index (χ4v) is 3.34. The Kier molecular flexibility index (Phi) is 4.14. The number of hydrogen-bond donors (Lipinski definition) is 1. The van der Waals surface area contributed by atoms with Crippen molar-refractivity contribution in [1.29, 1.82) is 0 Å². The Hall–Kier alpha value is -3.22. The van der Waals surface area contributed by atoms with Crippen molar-refractivity contribution in [3.63, 3.8) is 0 Å². The highest BCUT2D eigenvalue weighted by Gasteiger charge is 2.49. The summed E-state index contributed by atoms with van der Waals surface area (Å²) in [6, 6.07) is 12.2. The first-order valence-corrected chi connectivity index (χ1v) is 8.68. The van der Waals surface area contributed by atoms with Gasteiger partial charge in [-0.3, -0.25) is 9.69 Å². The molecule has 0 bridgehead atoms. The number of nitrogens with zero attached hydrogens (tertiary/aromatic N) is 1. The molecule has 3 amide bonds. The van der Waals surface area contributed by atoms with E-state index in [2.05, 4.69) is 5.32 Å². The highest BCUT2D eigenvalue weighted by atomic mass is 16.6. The van der Waals surface area contributed by atoms with E-state index in [9.17, 15) is 9.59 Å². The lowest BCUT2D eigenvalue weighted by molar-refractivity contribution is -0.131. The van der Waals surface area contributed by atoms with Crippen LogP contribution in [0.4, 0.5) is 4.79 Å². The van der Waals surface area contributed by atoms with E-state index in [1.165, 1.54) is 4.90 Å². The lowest BCUT2D eigenvalue weighted by atomic mass is 9.91. The van der Waals surface area contributed by atoms with Crippen LogP contribution in [-0.2, 0) is 16.9 Å². The third-order valence-electron chi connectivity index (χ3n) is 4.87. The van der Waals surface area contributed by atoms with Gasteiger partial charge < -0.3 is 19.5 Å². The van der Waals surface area contributed by atoms with E-state index in [1.54, 1.807) is 38.3 Å². The van der Waals surface area contributed by atoms with Gasteiger partial charge in [-0.25, -0.2) is 4.79 Å². The summed E-state index contributed by atoms with van der Waals surface area (Å²) in [6.07, 6.45) is 0. The number of ether oxygens (including phenoxy) is 3. The molecule has 1 N–H and O–H groups in total. The standard InChI is InChI=1S/C20H20N2O5/c1-20(14-6-7-16-17(11-14)27-9-8-26-16)18(23)22(19(24)21-20)12-13-4-3-5-15(10-13)25-2/h3-7,10-11H,8-9,12H2,1-2H3,(H,21,24)/t20-/m1/s1. The molecule has 2 aliphatic heterocycles. The van der Waals surface area contributed by atoms with Gasteiger partial charge in [-0.05, 0) is 42.3 Å². The highest BCUT2D eigenvalue weighted by molar-refractivity contribution is 6.07. The highest BCUT2D eigenvalue weighted by Crippen LogP contribution is 2.37. The topological polar surface area (TPSA) is 77.1 Å². The van der Waals surface area contributed by atoms with Crippen molar-refractivity contribution in [3.05, 3.63) is 53.6 Å². The second-order valence-electron chi connectivity index (χ2n) is 6.66. The predicted octanol–water partition coefficient (Wildman–Crippen LogP) is 2.43. The summed E-state index contributed by atoms with van der Waals surface area (Å²) >= 11 is 0. The van der Waals surface area contributed by atoms with Crippen LogP contribution in [0, 0.1) is 0 Å². The van der Waals surface area contributed by atoms with E-state index in [0.717, 1.165) is 5.56 Å². The number of carbonyl (C=O) groups excluding carboxylic acids is 2. The van der Waals surface area contributed by atoms with Crippen LogP contribution in [0.3, 0.4) is 0 Å². The van der Waals surface area contributed by atoms with Crippen LogP contribution in [0.5, 0.6) is 17.2 Å². The van der Waals surface area contributed by atoms with Gasteiger partial charge in [-0.15, -0.1) is 0 Å². The lowest BCUT2D eigenvalue weighted by Gasteiger charge is -2.25. The molecule has 7 nitrogen and oxygen atoms in total. The van der Waals surface area contributed by atoms with Crippen LogP contribution in [-0.4, -0.2) is 37.2 Å². The van der Waals surface area contributed by atoms with Crippen molar-refractivity contribution < 1.29 is 23.8 Å². The molecule has 0 aromatic heterocycles. The zero-order valence-corrected chi connectivity index (χ0v) is 15.2. The first kappa shape index (κ1) is 17.2. The van der Waals surface area contributed by atoms with Gasteiger partial charge in [0.2, 0.25) is 0 Å². The van der Waals surface area contributed by atoms with Gasteiger partial charge in [0.05, 0.1) is 13.7 Å².